The minimum absolute atomic E-state index is 0.0809. The molecule has 4 aliphatic carbocycles. The van der Waals surface area contributed by atoms with Gasteiger partial charge in [0.15, 0.2) is 19.3 Å². The number of rotatable bonds is 0. The summed E-state index contributed by atoms with van der Waals surface area (Å²) in [6.45, 7) is 6.97. The van der Waals surface area contributed by atoms with Gasteiger partial charge in [-0.25, -0.2) is 4.39 Å². The van der Waals surface area contributed by atoms with Gasteiger partial charge in [-0.1, -0.05) is 37.6 Å². The molecule has 1 N–H and O–H groups in total. The average Bonchev–Trinajstić information content (AvgIpc) is 3.39. The van der Waals surface area contributed by atoms with Crippen LogP contribution in [0.4, 0.5) is 4.39 Å². The second-order valence-electron chi connectivity index (χ2n) is 10.9. The zero-order valence-corrected chi connectivity index (χ0v) is 18.2. The van der Waals surface area contributed by atoms with Gasteiger partial charge >= 0.3 is 0 Å². The molecule has 6 aliphatic rings. The molecule has 1 unspecified atom stereocenters. The van der Waals surface area contributed by atoms with Crippen LogP contribution in [-0.4, -0.2) is 48.5 Å². The number of halogens is 1. The Morgan fingerprint density at radius 1 is 1.13 bits per heavy atom. The summed E-state index contributed by atoms with van der Waals surface area (Å²) in [6.07, 6.45) is 8.85. The third-order valence-corrected chi connectivity index (χ3v) is 10.0. The summed E-state index contributed by atoms with van der Waals surface area (Å²) < 4.78 is 41.4. The highest BCUT2D eigenvalue weighted by Crippen LogP contribution is 2.74. The first-order valence-electron chi connectivity index (χ1n) is 11.5. The van der Waals surface area contributed by atoms with Crippen molar-refractivity contribution in [2.45, 2.75) is 76.0 Å². The summed E-state index contributed by atoms with van der Waals surface area (Å²) >= 11 is 0. The number of alkyl halides is 1. The SMILES string of the molecule is C[C@@H]1C[C@H]2[C@@H]3CCC4=CCC=C[C@]4(C)[C@@]3(F)[C@@H](O)C[C@]2(C)[C@]12OCOC21COCO1. The minimum atomic E-state index is -1.68. The Bertz CT molecular complexity index is 815. The molecule has 30 heavy (non-hydrogen) atoms. The summed E-state index contributed by atoms with van der Waals surface area (Å²) in [7, 11) is 0. The molecule has 0 aromatic heterocycles. The first-order chi connectivity index (χ1) is 14.3. The molecule has 166 valence electrons. The van der Waals surface area contributed by atoms with Crippen LogP contribution in [0.1, 0.15) is 52.9 Å². The average molecular weight is 421 g/mol. The largest absolute Gasteiger partial charge is 0.390 e. The Hall–Kier alpha value is -0.790. The minimum Gasteiger partial charge on any atom is -0.390 e. The van der Waals surface area contributed by atoms with Crippen LogP contribution in [0.3, 0.4) is 0 Å². The lowest BCUT2D eigenvalue weighted by molar-refractivity contribution is -0.277. The fraction of sp³-hybridized carbons (Fsp3) is 0.833. The molecule has 5 nitrogen and oxygen atoms in total. The molecule has 0 aromatic rings. The molecule has 2 saturated heterocycles. The van der Waals surface area contributed by atoms with E-state index in [-0.39, 0.29) is 31.3 Å². The number of aliphatic hydroxyl groups excluding tert-OH is 1. The first-order valence-corrected chi connectivity index (χ1v) is 11.5. The molecule has 6 heteroatoms. The number of ether oxygens (including phenoxy) is 4. The number of hydrogen-bond donors (Lipinski definition) is 1. The molecule has 0 amide bonds. The van der Waals surface area contributed by atoms with Crippen LogP contribution < -0.4 is 0 Å². The summed E-state index contributed by atoms with van der Waals surface area (Å²) in [5.41, 5.74) is -2.49. The van der Waals surface area contributed by atoms with Crippen molar-refractivity contribution in [1.82, 2.24) is 0 Å². The number of allylic oxidation sites excluding steroid dienone is 4. The molecule has 0 aromatic carbocycles. The van der Waals surface area contributed by atoms with Crippen molar-refractivity contribution in [3.8, 4) is 0 Å². The van der Waals surface area contributed by atoms with Crippen LogP contribution in [0.2, 0.25) is 0 Å². The zero-order chi connectivity index (χ0) is 21.0. The maximum atomic E-state index is 17.2. The lowest BCUT2D eigenvalue weighted by Crippen LogP contribution is -2.71. The van der Waals surface area contributed by atoms with Crippen LogP contribution in [0.15, 0.2) is 23.8 Å². The molecule has 3 saturated carbocycles. The molecule has 2 heterocycles. The Labute approximate surface area is 177 Å². The fourth-order valence-electron chi connectivity index (χ4n) is 8.87. The highest BCUT2D eigenvalue weighted by molar-refractivity contribution is 5.38. The fourth-order valence-corrected chi connectivity index (χ4v) is 8.87. The van der Waals surface area contributed by atoms with Crippen LogP contribution in [0, 0.1) is 28.6 Å². The lowest BCUT2D eigenvalue weighted by Gasteiger charge is -2.63. The van der Waals surface area contributed by atoms with E-state index in [4.69, 9.17) is 18.9 Å². The van der Waals surface area contributed by atoms with Gasteiger partial charge in [-0.3, -0.25) is 0 Å². The van der Waals surface area contributed by atoms with Crippen molar-refractivity contribution in [2.75, 3.05) is 20.2 Å². The third-order valence-electron chi connectivity index (χ3n) is 10.0. The molecular formula is C24H33FO5. The second kappa shape index (κ2) is 5.96. The van der Waals surface area contributed by atoms with Crippen LogP contribution in [0.25, 0.3) is 0 Å². The van der Waals surface area contributed by atoms with E-state index < -0.39 is 34.0 Å². The van der Waals surface area contributed by atoms with Gasteiger partial charge in [0.25, 0.3) is 0 Å². The Kier molecular flexibility index (Phi) is 3.94. The van der Waals surface area contributed by atoms with Gasteiger partial charge in [0, 0.05) is 16.7 Å². The molecule has 9 atom stereocenters. The molecule has 2 spiro atoms. The van der Waals surface area contributed by atoms with E-state index >= 15 is 4.39 Å². The summed E-state index contributed by atoms with van der Waals surface area (Å²) in [5.74, 6) is -1.02. The van der Waals surface area contributed by atoms with Crippen molar-refractivity contribution in [3.63, 3.8) is 0 Å². The molecular weight excluding hydrogens is 387 g/mol. The van der Waals surface area contributed by atoms with E-state index in [0.717, 1.165) is 31.3 Å². The predicted octanol–water partition coefficient (Wildman–Crippen LogP) is 3.87. The highest BCUT2D eigenvalue weighted by Gasteiger charge is 2.81. The Morgan fingerprint density at radius 3 is 2.70 bits per heavy atom. The number of fused-ring (bicyclic) bond motifs is 7. The maximum absolute atomic E-state index is 17.2. The maximum Gasteiger partial charge on any atom is 0.227 e. The van der Waals surface area contributed by atoms with Gasteiger partial charge in [0.05, 0.1) is 6.10 Å². The van der Waals surface area contributed by atoms with Crippen molar-refractivity contribution in [3.05, 3.63) is 23.8 Å². The van der Waals surface area contributed by atoms with Crippen molar-refractivity contribution in [1.29, 1.82) is 0 Å². The summed E-state index contributed by atoms with van der Waals surface area (Å²) in [5, 5.41) is 11.5. The molecule has 6 rings (SSSR count). The smallest absolute Gasteiger partial charge is 0.227 e. The lowest BCUT2D eigenvalue weighted by atomic mass is 9.44. The summed E-state index contributed by atoms with van der Waals surface area (Å²) in [4.78, 5) is 0. The Morgan fingerprint density at radius 2 is 1.93 bits per heavy atom. The van der Waals surface area contributed by atoms with E-state index in [1.165, 1.54) is 0 Å². The quantitative estimate of drug-likeness (QED) is 0.603. The zero-order valence-electron chi connectivity index (χ0n) is 18.2. The van der Waals surface area contributed by atoms with E-state index in [1.54, 1.807) is 0 Å². The standard InChI is InChI=1S/C24H33FO5/c1-15-10-18-17-8-7-16-6-4-5-9-20(16,2)23(17,25)19(26)11-21(18,3)24(15)22(29-14-30-24)12-27-13-28-22/h5-6,9,15,17-19,26H,4,7-8,10-14H2,1-3H3/t15-,17+,18+,19+,20+,21+,22?,23+,24-/m1/s1. The number of aliphatic hydroxyl groups is 1. The highest BCUT2D eigenvalue weighted by atomic mass is 19.1. The van der Waals surface area contributed by atoms with Crippen LogP contribution >= 0.6 is 0 Å². The van der Waals surface area contributed by atoms with Crippen LogP contribution in [0.5, 0.6) is 0 Å². The van der Waals surface area contributed by atoms with Gasteiger partial charge in [0.2, 0.25) is 5.79 Å². The van der Waals surface area contributed by atoms with E-state index in [2.05, 4.69) is 26.0 Å². The normalized spacial score (nSPS) is 59.3. The molecule has 5 fully saturated rings. The molecule has 0 bridgehead atoms. The molecule has 2 aliphatic heterocycles. The van der Waals surface area contributed by atoms with Crippen molar-refractivity contribution < 1.29 is 28.4 Å². The van der Waals surface area contributed by atoms with Crippen LogP contribution in [-0.2, 0) is 18.9 Å². The van der Waals surface area contributed by atoms with Gasteiger partial charge in [-0.05, 0) is 50.9 Å². The number of hydrogen-bond acceptors (Lipinski definition) is 5. The van der Waals surface area contributed by atoms with Gasteiger partial charge in [-0.2, -0.15) is 0 Å². The predicted molar refractivity (Wildman–Crippen MR) is 107 cm³/mol. The molecule has 0 radical (unpaired) electrons. The monoisotopic (exact) mass is 420 g/mol. The van der Waals surface area contributed by atoms with Gasteiger partial charge in [-0.15, -0.1) is 0 Å². The second-order valence-corrected chi connectivity index (χ2v) is 10.9. The Balaban J connectivity index is 1.48. The van der Waals surface area contributed by atoms with E-state index in [0.29, 0.717) is 13.0 Å². The van der Waals surface area contributed by atoms with E-state index in [9.17, 15) is 5.11 Å². The van der Waals surface area contributed by atoms with Crippen molar-refractivity contribution in [2.24, 2.45) is 28.6 Å². The summed E-state index contributed by atoms with van der Waals surface area (Å²) in [6, 6.07) is 0. The van der Waals surface area contributed by atoms with Gasteiger partial charge in [0.1, 0.15) is 12.2 Å². The van der Waals surface area contributed by atoms with E-state index in [1.807, 2.05) is 13.0 Å². The van der Waals surface area contributed by atoms with Crippen molar-refractivity contribution >= 4 is 0 Å². The first kappa shape index (κ1) is 19.9. The van der Waals surface area contributed by atoms with Gasteiger partial charge < -0.3 is 24.1 Å². The topological polar surface area (TPSA) is 57.2 Å². The third kappa shape index (κ3) is 1.90.